The van der Waals surface area contributed by atoms with E-state index in [1.165, 1.54) is 10.5 Å². The first kappa shape index (κ1) is 20.0. The summed E-state index contributed by atoms with van der Waals surface area (Å²) in [6, 6.07) is 13.5. The molecule has 2 aromatic carbocycles. The number of nitrogen functional groups attached to an aromatic ring is 1. The maximum atomic E-state index is 12.8. The number of benzene rings is 2. The predicted octanol–water partition coefficient (Wildman–Crippen LogP) is 1.53. The molecule has 2 aromatic heterocycles. The molecule has 4 rings (SSSR count). The van der Waals surface area contributed by atoms with Crippen molar-refractivity contribution in [3.63, 3.8) is 0 Å². The van der Waals surface area contributed by atoms with Crippen LogP contribution in [0.4, 0.5) is 5.95 Å². The standard InChI is InChI=1S/C22H19N5O4/c1-30-15-7-3-13(4-8-15)19(28)11-17-18(27-21(23)25-26-22(27)24-17)12-20(29)14-5-9-16(31-2)10-6-14/h3-10,12H,11H2,1-2H3,(H2,23,25)/b18-12+. The third kappa shape index (κ3) is 3.93. The summed E-state index contributed by atoms with van der Waals surface area (Å²) >= 11 is 0. The molecular formula is C22H19N5O4. The zero-order valence-electron chi connectivity index (χ0n) is 16.9. The van der Waals surface area contributed by atoms with Gasteiger partial charge in [-0.3, -0.25) is 9.59 Å². The number of imidazole rings is 1. The Morgan fingerprint density at radius 2 is 1.52 bits per heavy atom. The molecule has 0 saturated heterocycles. The van der Waals surface area contributed by atoms with Crippen molar-refractivity contribution in [2.75, 3.05) is 20.0 Å². The highest BCUT2D eigenvalue weighted by molar-refractivity contribution is 6.17. The lowest BCUT2D eigenvalue weighted by atomic mass is 10.1. The summed E-state index contributed by atoms with van der Waals surface area (Å²) in [6.07, 6.45) is 1.36. The highest BCUT2D eigenvalue weighted by Crippen LogP contribution is 2.14. The number of methoxy groups -OCH3 is 2. The number of nitrogens with two attached hydrogens (primary N) is 1. The van der Waals surface area contributed by atoms with E-state index in [1.54, 1.807) is 62.8 Å². The largest absolute Gasteiger partial charge is 0.497 e. The molecule has 31 heavy (non-hydrogen) atoms. The van der Waals surface area contributed by atoms with Gasteiger partial charge in [-0.2, -0.15) is 0 Å². The van der Waals surface area contributed by atoms with Crippen molar-refractivity contribution in [1.82, 2.24) is 19.6 Å². The van der Waals surface area contributed by atoms with Gasteiger partial charge in [-0.1, -0.05) is 0 Å². The van der Waals surface area contributed by atoms with Gasteiger partial charge in [-0.05, 0) is 48.5 Å². The van der Waals surface area contributed by atoms with E-state index in [-0.39, 0.29) is 29.7 Å². The fourth-order valence-corrected chi connectivity index (χ4v) is 3.17. The number of Topliss-reactive ketones (excluding diaryl/α,β-unsaturated/α-hetero) is 2. The fourth-order valence-electron chi connectivity index (χ4n) is 3.17. The third-order valence-electron chi connectivity index (χ3n) is 4.82. The van der Waals surface area contributed by atoms with Crippen molar-refractivity contribution in [2.24, 2.45) is 0 Å². The zero-order valence-corrected chi connectivity index (χ0v) is 16.9. The van der Waals surface area contributed by atoms with Gasteiger partial charge in [0.25, 0.3) is 5.78 Å². The second-order valence-corrected chi connectivity index (χ2v) is 6.70. The van der Waals surface area contributed by atoms with E-state index in [9.17, 15) is 9.59 Å². The summed E-state index contributed by atoms with van der Waals surface area (Å²) in [6.45, 7) is 0. The summed E-state index contributed by atoms with van der Waals surface area (Å²) in [5.74, 6) is 1.16. The minimum absolute atomic E-state index is 0.0309. The highest BCUT2D eigenvalue weighted by Gasteiger charge is 2.17. The molecule has 9 heteroatoms. The van der Waals surface area contributed by atoms with Crippen LogP contribution in [-0.4, -0.2) is 45.4 Å². The Bertz CT molecular complexity index is 1310. The monoisotopic (exact) mass is 417 g/mol. The van der Waals surface area contributed by atoms with Gasteiger partial charge in [0, 0.05) is 17.2 Å². The van der Waals surface area contributed by atoms with Crippen LogP contribution in [-0.2, 0) is 6.42 Å². The van der Waals surface area contributed by atoms with Crippen LogP contribution in [0.15, 0.2) is 48.5 Å². The van der Waals surface area contributed by atoms with Crippen LogP contribution in [0.25, 0.3) is 11.9 Å². The van der Waals surface area contributed by atoms with Crippen LogP contribution >= 0.6 is 0 Å². The maximum absolute atomic E-state index is 12.8. The van der Waals surface area contributed by atoms with Crippen molar-refractivity contribution in [2.45, 2.75) is 6.42 Å². The molecule has 156 valence electrons. The molecule has 0 radical (unpaired) electrons. The summed E-state index contributed by atoms with van der Waals surface area (Å²) in [5.41, 5.74) is 7.26. The number of carbonyl (C=O) groups excluding carboxylic acids is 2. The first-order valence-electron chi connectivity index (χ1n) is 9.36. The molecule has 9 nitrogen and oxygen atoms in total. The highest BCUT2D eigenvalue weighted by atomic mass is 16.5. The number of rotatable bonds is 7. The molecule has 0 aliphatic rings. The normalized spacial score (nSPS) is 11.6. The number of hydrogen-bond acceptors (Lipinski definition) is 8. The first-order chi connectivity index (χ1) is 15.0. The Labute approximate surface area is 177 Å². The van der Waals surface area contributed by atoms with Gasteiger partial charge in [-0.15, -0.1) is 10.2 Å². The van der Waals surface area contributed by atoms with Crippen LogP contribution in [0.3, 0.4) is 0 Å². The predicted molar refractivity (Wildman–Crippen MR) is 113 cm³/mol. The van der Waals surface area contributed by atoms with E-state index in [1.807, 2.05) is 0 Å². The maximum Gasteiger partial charge on any atom is 0.257 e. The van der Waals surface area contributed by atoms with Crippen molar-refractivity contribution in [3.8, 4) is 11.5 Å². The van der Waals surface area contributed by atoms with Crippen molar-refractivity contribution < 1.29 is 19.1 Å². The lowest BCUT2D eigenvalue weighted by Gasteiger charge is -2.02. The Balaban J connectivity index is 1.72. The fraction of sp³-hybridized carbons (Fsp3) is 0.136. The number of anilines is 1. The number of ether oxygens (including phenoxy) is 2. The van der Waals surface area contributed by atoms with Gasteiger partial charge >= 0.3 is 0 Å². The quantitative estimate of drug-likeness (QED) is 0.449. The van der Waals surface area contributed by atoms with Crippen molar-refractivity contribution in [1.29, 1.82) is 0 Å². The van der Waals surface area contributed by atoms with Crippen LogP contribution in [0, 0.1) is 0 Å². The molecule has 0 amide bonds. The lowest BCUT2D eigenvalue weighted by molar-refractivity contribution is 0.0990. The first-order valence-corrected chi connectivity index (χ1v) is 9.36. The summed E-state index contributed by atoms with van der Waals surface area (Å²) in [7, 11) is 3.11. The van der Waals surface area contributed by atoms with Gasteiger partial charge < -0.3 is 15.2 Å². The summed E-state index contributed by atoms with van der Waals surface area (Å²) < 4.78 is 11.7. The topological polar surface area (TPSA) is 122 Å². The molecule has 0 saturated carbocycles. The molecule has 2 heterocycles. The van der Waals surface area contributed by atoms with E-state index < -0.39 is 0 Å². The Morgan fingerprint density at radius 3 is 2.10 bits per heavy atom. The second-order valence-electron chi connectivity index (χ2n) is 6.70. The number of nitrogens with zero attached hydrogens (tertiary/aromatic N) is 4. The minimum atomic E-state index is -0.275. The molecule has 0 atom stereocenters. The average molecular weight is 417 g/mol. The molecule has 0 fully saturated rings. The Morgan fingerprint density at radius 1 is 0.935 bits per heavy atom. The average Bonchev–Trinajstić information content (AvgIpc) is 3.33. The lowest BCUT2D eigenvalue weighted by Crippen LogP contribution is -2.20. The van der Waals surface area contributed by atoms with Crippen LogP contribution < -0.4 is 20.6 Å². The molecule has 0 bridgehead atoms. The SMILES string of the molecule is COc1ccc(C(=O)/C=c2\c(CC(=O)c3ccc(OC)cc3)nc3nnc(N)n23)cc1. The Kier molecular flexibility index (Phi) is 5.31. The van der Waals surface area contributed by atoms with E-state index in [0.29, 0.717) is 33.7 Å². The smallest absolute Gasteiger partial charge is 0.257 e. The van der Waals surface area contributed by atoms with Crippen molar-refractivity contribution >= 4 is 29.4 Å². The van der Waals surface area contributed by atoms with E-state index >= 15 is 0 Å². The van der Waals surface area contributed by atoms with Gasteiger partial charge in [0.15, 0.2) is 11.6 Å². The summed E-state index contributed by atoms with van der Waals surface area (Å²) in [5, 5.41) is 8.08. The van der Waals surface area contributed by atoms with Gasteiger partial charge in [0.1, 0.15) is 11.5 Å². The molecule has 2 N–H and O–H groups in total. The third-order valence-corrected chi connectivity index (χ3v) is 4.82. The van der Waals surface area contributed by atoms with Crippen LogP contribution in [0.5, 0.6) is 11.5 Å². The Hall–Kier alpha value is -4.27. The van der Waals surface area contributed by atoms with E-state index in [2.05, 4.69) is 15.2 Å². The molecule has 0 spiro atoms. The van der Waals surface area contributed by atoms with Gasteiger partial charge in [-0.25, -0.2) is 9.38 Å². The minimum Gasteiger partial charge on any atom is -0.497 e. The van der Waals surface area contributed by atoms with E-state index in [0.717, 1.165) is 0 Å². The van der Waals surface area contributed by atoms with Crippen molar-refractivity contribution in [3.05, 3.63) is 70.7 Å². The van der Waals surface area contributed by atoms with Crippen LogP contribution in [0.1, 0.15) is 26.4 Å². The molecule has 0 aliphatic carbocycles. The number of carbonyl (C=O) groups is 2. The number of aromatic nitrogens is 4. The van der Waals surface area contributed by atoms with Crippen LogP contribution in [0.2, 0.25) is 0 Å². The van der Waals surface area contributed by atoms with Gasteiger partial charge in [0.05, 0.1) is 31.7 Å². The molecule has 4 aromatic rings. The summed E-state index contributed by atoms with van der Waals surface area (Å²) in [4.78, 5) is 30.0. The van der Waals surface area contributed by atoms with Gasteiger partial charge in [0.2, 0.25) is 5.95 Å². The zero-order chi connectivity index (χ0) is 22.0. The second kappa shape index (κ2) is 8.23. The molecule has 0 unspecified atom stereocenters. The number of hydrogen-bond donors (Lipinski definition) is 1. The number of fused-ring (bicyclic) bond motifs is 1. The number of ketones is 2. The van der Waals surface area contributed by atoms with E-state index in [4.69, 9.17) is 15.2 Å². The molecule has 0 aliphatic heterocycles. The molecular weight excluding hydrogens is 398 g/mol.